The Labute approximate surface area is 119 Å². The van der Waals surface area contributed by atoms with Crippen molar-refractivity contribution in [2.45, 2.75) is 12.3 Å². The minimum Gasteiger partial charge on any atom is -0.493 e. The van der Waals surface area contributed by atoms with E-state index in [0.717, 1.165) is 30.3 Å². The van der Waals surface area contributed by atoms with Gasteiger partial charge in [-0.05, 0) is 30.2 Å². The highest BCUT2D eigenvalue weighted by Gasteiger charge is 2.23. The molecule has 1 unspecified atom stereocenters. The molecule has 3 nitrogen and oxygen atoms in total. The van der Waals surface area contributed by atoms with E-state index in [1.165, 1.54) is 11.1 Å². The fraction of sp³-hybridized carbons (Fsp3) is 0.294. The molecule has 1 aliphatic rings. The van der Waals surface area contributed by atoms with Gasteiger partial charge in [-0.3, -0.25) is 0 Å². The van der Waals surface area contributed by atoms with Crippen LogP contribution in [0.3, 0.4) is 0 Å². The zero-order chi connectivity index (χ0) is 13.9. The standard InChI is InChI=1S/C17H18O3/c1-18-16-8-7-12(11-17(16)19-2)13-9-10-20-15-6-4-3-5-14(13)15/h3-8,11,13H,9-10H2,1-2H3. The highest BCUT2D eigenvalue weighted by atomic mass is 16.5. The van der Waals surface area contributed by atoms with Gasteiger partial charge in [0, 0.05) is 11.5 Å². The number of hydrogen-bond donors (Lipinski definition) is 0. The van der Waals surface area contributed by atoms with E-state index in [9.17, 15) is 0 Å². The van der Waals surface area contributed by atoms with E-state index in [2.05, 4.69) is 24.3 Å². The van der Waals surface area contributed by atoms with Gasteiger partial charge in [-0.15, -0.1) is 0 Å². The second-order valence-electron chi connectivity index (χ2n) is 4.84. The van der Waals surface area contributed by atoms with Gasteiger partial charge >= 0.3 is 0 Å². The number of fused-ring (bicyclic) bond motifs is 1. The van der Waals surface area contributed by atoms with Crippen molar-refractivity contribution < 1.29 is 14.2 Å². The molecular formula is C17H18O3. The third-order valence-electron chi connectivity index (χ3n) is 3.77. The van der Waals surface area contributed by atoms with E-state index in [1.54, 1.807) is 14.2 Å². The topological polar surface area (TPSA) is 27.7 Å². The Morgan fingerprint density at radius 2 is 1.80 bits per heavy atom. The van der Waals surface area contributed by atoms with Crippen LogP contribution in [0.5, 0.6) is 17.2 Å². The summed E-state index contributed by atoms with van der Waals surface area (Å²) in [6.45, 7) is 0.746. The van der Waals surface area contributed by atoms with Gasteiger partial charge in [0.05, 0.1) is 20.8 Å². The van der Waals surface area contributed by atoms with Crippen molar-refractivity contribution in [1.29, 1.82) is 0 Å². The van der Waals surface area contributed by atoms with Gasteiger partial charge in [-0.2, -0.15) is 0 Å². The molecule has 2 aromatic carbocycles. The van der Waals surface area contributed by atoms with Crippen LogP contribution in [0, 0.1) is 0 Å². The molecule has 104 valence electrons. The van der Waals surface area contributed by atoms with Crippen LogP contribution in [-0.4, -0.2) is 20.8 Å². The van der Waals surface area contributed by atoms with Crippen LogP contribution in [0.1, 0.15) is 23.5 Å². The van der Waals surface area contributed by atoms with Gasteiger partial charge in [-0.25, -0.2) is 0 Å². The van der Waals surface area contributed by atoms with Gasteiger partial charge in [0.1, 0.15) is 5.75 Å². The molecule has 0 bridgehead atoms. The monoisotopic (exact) mass is 270 g/mol. The summed E-state index contributed by atoms with van der Waals surface area (Å²) in [7, 11) is 3.32. The summed E-state index contributed by atoms with van der Waals surface area (Å²) < 4.78 is 16.4. The molecule has 0 amide bonds. The fourth-order valence-corrected chi connectivity index (χ4v) is 2.76. The molecule has 0 spiro atoms. The number of benzene rings is 2. The Kier molecular flexibility index (Phi) is 3.50. The van der Waals surface area contributed by atoms with Gasteiger partial charge < -0.3 is 14.2 Å². The van der Waals surface area contributed by atoms with Crippen LogP contribution < -0.4 is 14.2 Å². The molecule has 3 rings (SSSR count). The summed E-state index contributed by atoms with van der Waals surface area (Å²) in [5.41, 5.74) is 2.48. The quantitative estimate of drug-likeness (QED) is 0.852. The maximum absolute atomic E-state index is 5.72. The lowest BCUT2D eigenvalue weighted by atomic mass is 9.86. The zero-order valence-corrected chi connectivity index (χ0v) is 11.8. The molecule has 3 heteroatoms. The van der Waals surface area contributed by atoms with E-state index in [4.69, 9.17) is 14.2 Å². The van der Waals surface area contributed by atoms with Crippen LogP contribution in [0.2, 0.25) is 0 Å². The first-order valence-electron chi connectivity index (χ1n) is 6.77. The first-order chi connectivity index (χ1) is 9.83. The van der Waals surface area contributed by atoms with Crippen LogP contribution >= 0.6 is 0 Å². The molecule has 1 aliphatic heterocycles. The van der Waals surface area contributed by atoms with Crippen molar-refractivity contribution in [3.05, 3.63) is 53.6 Å². The summed E-state index contributed by atoms with van der Waals surface area (Å²) >= 11 is 0. The third-order valence-corrected chi connectivity index (χ3v) is 3.77. The molecule has 20 heavy (non-hydrogen) atoms. The second-order valence-corrected chi connectivity index (χ2v) is 4.84. The summed E-state index contributed by atoms with van der Waals surface area (Å²) in [4.78, 5) is 0. The van der Waals surface area contributed by atoms with Crippen molar-refractivity contribution in [3.63, 3.8) is 0 Å². The average molecular weight is 270 g/mol. The van der Waals surface area contributed by atoms with E-state index < -0.39 is 0 Å². The van der Waals surface area contributed by atoms with Gasteiger partial charge in [0.2, 0.25) is 0 Å². The second kappa shape index (κ2) is 5.45. The summed E-state index contributed by atoms with van der Waals surface area (Å²) in [6, 6.07) is 14.4. The summed E-state index contributed by atoms with van der Waals surface area (Å²) in [5.74, 6) is 2.86. The normalized spacial score (nSPS) is 17.0. The Bertz CT molecular complexity index is 607. The molecule has 1 heterocycles. The number of hydrogen-bond acceptors (Lipinski definition) is 3. The zero-order valence-electron chi connectivity index (χ0n) is 11.8. The fourth-order valence-electron chi connectivity index (χ4n) is 2.76. The van der Waals surface area contributed by atoms with Crippen molar-refractivity contribution >= 4 is 0 Å². The van der Waals surface area contributed by atoms with Crippen LogP contribution in [-0.2, 0) is 0 Å². The Morgan fingerprint density at radius 1 is 1.00 bits per heavy atom. The van der Waals surface area contributed by atoms with Crippen molar-refractivity contribution in [2.75, 3.05) is 20.8 Å². The minimum atomic E-state index is 0.347. The average Bonchev–Trinajstić information content (AvgIpc) is 2.53. The summed E-state index contributed by atoms with van der Waals surface area (Å²) in [5, 5.41) is 0. The van der Waals surface area contributed by atoms with Gasteiger partial charge in [0.15, 0.2) is 11.5 Å². The molecule has 0 saturated carbocycles. The first-order valence-corrected chi connectivity index (χ1v) is 6.77. The molecule has 0 aromatic heterocycles. The predicted octanol–water partition coefficient (Wildman–Crippen LogP) is 3.62. The Morgan fingerprint density at radius 3 is 2.60 bits per heavy atom. The molecule has 0 saturated heterocycles. The van der Waals surface area contributed by atoms with Crippen molar-refractivity contribution in [1.82, 2.24) is 0 Å². The van der Waals surface area contributed by atoms with E-state index >= 15 is 0 Å². The van der Waals surface area contributed by atoms with Crippen molar-refractivity contribution in [3.8, 4) is 17.2 Å². The maximum Gasteiger partial charge on any atom is 0.161 e. The SMILES string of the molecule is COc1ccc(C2CCOc3ccccc32)cc1OC. The molecule has 0 radical (unpaired) electrons. The predicted molar refractivity (Wildman–Crippen MR) is 77.9 cm³/mol. The highest BCUT2D eigenvalue weighted by molar-refractivity contribution is 5.49. The lowest BCUT2D eigenvalue weighted by Crippen LogP contribution is -2.15. The molecule has 0 fully saturated rings. The maximum atomic E-state index is 5.72. The number of para-hydroxylation sites is 1. The summed E-state index contributed by atoms with van der Waals surface area (Å²) in [6.07, 6.45) is 0.979. The molecular weight excluding hydrogens is 252 g/mol. The van der Waals surface area contributed by atoms with Crippen LogP contribution in [0.15, 0.2) is 42.5 Å². The van der Waals surface area contributed by atoms with E-state index in [0.29, 0.717) is 5.92 Å². The molecule has 1 atom stereocenters. The first kappa shape index (κ1) is 12.9. The molecule has 0 aliphatic carbocycles. The highest BCUT2D eigenvalue weighted by Crippen LogP contribution is 2.40. The number of methoxy groups -OCH3 is 2. The van der Waals surface area contributed by atoms with Gasteiger partial charge in [0.25, 0.3) is 0 Å². The molecule has 2 aromatic rings. The number of rotatable bonds is 3. The van der Waals surface area contributed by atoms with Crippen LogP contribution in [0.25, 0.3) is 0 Å². The largest absolute Gasteiger partial charge is 0.493 e. The van der Waals surface area contributed by atoms with Crippen molar-refractivity contribution in [2.24, 2.45) is 0 Å². The van der Waals surface area contributed by atoms with E-state index in [-0.39, 0.29) is 0 Å². The number of ether oxygens (including phenoxy) is 3. The molecule has 0 N–H and O–H groups in total. The smallest absolute Gasteiger partial charge is 0.161 e. The van der Waals surface area contributed by atoms with E-state index in [1.807, 2.05) is 18.2 Å². The van der Waals surface area contributed by atoms with Gasteiger partial charge in [-0.1, -0.05) is 24.3 Å². The lowest BCUT2D eigenvalue weighted by molar-refractivity contribution is 0.276. The van der Waals surface area contributed by atoms with Crippen LogP contribution in [0.4, 0.5) is 0 Å². The lowest BCUT2D eigenvalue weighted by Gasteiger charge is -2.26. The Balaban J connectivity index is 2.02. The Hall–Kier alpha value is -2.16. The minimum absolute atomic E-state index is 0.347. The third kappa shape index (κ3) is 2.20.